The Kier molecular flexibility index (Phi) is 9.08. The van der Waals surface area contributed by atoms with Gasteiger partial charge in [-0.15, -0.1) is 0 Å². The second-order valence-corrected chi connectivity index (χ2v) is 8.76. The van der Waals surface area contributed by atoms with E-state index in [2.05, 4.69) is 31.8 Å². The number of carbonyl (C=O) groups is 2. The maximum atomic E-state index is 14.0. The van der Waals surface area contributed by atoms with Crippen molar-refractivity contribution in [1.29, 1.82) is 0 Å². The van der Waals surface area contributed by atoms with Crippen LogP contribution in [0.1, 0.15) is 16.7 Å². The van der Waals surface area contributed by atoms with Gasteiger partial charge in [0.15, 0.2) is 11.5 Å². The highest BCUT2D eigenvalue weighted by Crippen LogP contribution is 2.37. The van der Waals surface area contributed by atoms with Crippen LogP contribution in [0.5, 0.6) is 11.5 Å². The lowest BCUT2D eigenvalue weighted by atomic mass is 10.2. The number of hydrazone groups is 1. The van der Waals surface area contributed by atoms with Crippen molar-refractivity contribution >= 4 is 62.8 Å². The highest BCUT2D eigenvalue weighted by Gasteiger charge is 2.16. The number of ether oxygens (including phenoxy) is 2. The van der Waals surface area contributed by atoms with E-state index >= 15 is 0 Å². The maximum Gasteiger partial charge on any atom is 0.329 e. The van der Waals surface area contributed by atoms with Gasteiger partial charge in [0, 0.05) is 16.3 Å². The zero-order chi connectivity index (χ0) is 25.5. The lowest BCUT2D eigenvalue weighted by Gasteiger charge is -2.14. The Morgan fingerprint density at radius 3 is 2.54 bits per heavy atom. The second kappa shape index (κ2) is 12.0. The molecule has 0 heterocycles. The summed E-state index contributed by atoms with van der Waals surface area (Å²) in [4.78, 5) is 24.2. The summed E-state index contributed by atoms with van der Waals surface area (Å²) in [7, 11) is 1.44. The van der Waals surface area contributed by atoms with Gasteiger partial charge in [-0.05, 0) is 70.4 Å². The Labute approximate surface area is 219 Å². The molecule has 0 aliphatic heterocycles. The summed E-state index contributed by atoms with van der Waals surface area (Å²) in [6.07, 6.45) is 1.32. The fourth-order valence-corrected chi connectivity index (χ4v) is 3.87. The summed E-state index contributed by atoms with van der Waals surface area (Å²) in [5.41, 5.74) is 3.95. The topological polar surface area (TPSA) is 89.0 Å². The zero-order valence-corrected chi connectivity index (χ0v) is 21.6. The van der Waals surface area contributed by atoms with Crippen LogP contribution in [0.25, 0.3) is 0 Å². The first kappa shape index (κ1) is 26.5. The van der Waals surface area contributed by atoms with Crippen LogP contribution in [-0.4, -0.2) is 25.1 Å². The van der Waals surface area contributed by atoms with E-state index in [9.17, 15) is 14.0 Å². The molecule has 7 nitrogen and oxygen atoms in total. The quantitative estimate of drug-likeness (QED) is 0.207. The van der Waals surface area contributed by atoms with Crippen LogP contribution < -0.4 is 20.2 Å². The average Bonchev–Trinajstić information content (AvgIpc) is 2.82. The Morgan fingerprint density at radius 2 is 1.83 bits per heavy atom. The molecule has 0 fully saturated rings. The fraction of sp³-hybridized carbons (Fsp3) is 0.125. The number of nitrogens with zero attached hydrogens (tertiary/aromatic N) is 1. The van der Waals surface area contributed by atoms with E-state index in [4.69, 9.17) is 32.7 Å². The van der Waals surface area contributed by atoms with Crippen LogP contribution in [-0.2, 0) is 16.2 Å². The van der Waals surface area contributed by atoms with Crippen molar-refractivity contribution in [2.45, 2.75) is 13.5 Å². The van der Waals surface area contributed by atoms with Gasteiger partial charge >= 0.3 is 11.8 Å². The van der Waals surface area contributed by atoms with Crippen molar-refractivity contribution in [3.05, 3.63) is 85.6 Å². The van der Waals surface area contributed by atoms with Gasteiger partial charge in [-0.3, -0.25) is 9.59 Å². The molecule has 2 N–H and O–H groups in total. The normalized spacial score (nSPS) is 10.8. The number of rotatable bonds is 7. The van der Waals surface area contributed by atoms with Gasteiger partial charge in [-0.1, -0.05) is 35.3 Å². The van der Waals surface area contributed by atoms with E-state index in [0.717, 1.165) is 0 Å². The number of hydrogen-bond donors (Lipinski definition) is 2. The van der Waals surface area contributed by atoms with Crippen molar-refractivity contribution in [3.8, 4) is 11.5 Å². The molecule has 0 aromatic heterocycles. The van der Waals surface area contributed by atoms with Crippen LogP contribution in [0.3, 0.4) is 0 Å². The number of halogens is 4. The molecule has 0 atom stereocenters. The van der Waals surface area contributed by atoms with Crippen LogP contribution >= 0.6 is 39.1 Å². The highest BCUT2D eigenvalue weighted by molar-refractivity contribution is 9.10. The first-order valence-corrected chi connectivity index (χ1v) is 11.6. The van der Waals surface area contributed by atoms with Crippen molar-refractivity contribution in [2.75, 3.05) is 12.4 Å². The van der Waals surface area contributed by atoms with E-state index in [1.807, 2.05) is 0 Å². The molecular formula is C24H19BrCl2FN3O4. The lowest BCUT2D eigenvalue weighted by molar-refractivity contribution is -0.136. The minimum absolute atomic E-state index is 0.120. The fourth-order valence-electron chi connectivity index (χ4n) is 2.91. The van der Waals surface area contributed by atoms with Crippen molar-refractivity contribution in [2.24, 2.45) is 5.10 Å². The molecule has 3 rings (SSSR count). The van der Waals surface area contributed by atoms with Crippen LogP contribution in [0.15, 0.2) is 58.1 Å². The Balaban J connectivity index is 1.66. The van der Waals surface area contributed by atoms with E-state index in [1.54, 1.807) is 43.3 Å². The van der Waals surface area contributed by atoms with Gasteiger partial charge in [-0.2, -0.15) is 5.10 Å². The first-order chi connectivity index (χ1) is 16.7. The van der Waals surface area contributed by atoms with Crippen LogP contribution in [0, 0.1) is 12.7 Å². The molecule has 0 saturated carbocycles. The summed E-state index contributed by atoms with van der Waals surface area (Å²) in [5, 5.41) is 7.00. The molecule has 0 radical (unpaired) electrons. The summed E-state index contributed by atoms with van der Waals surface area (Å²) >= 11 is 15.5. The molecule has 182 valence electrons. The first-order valence-electron chi connectivity index (χ1n) is 10.0. The molecule has 0 spiro atoms. The predicted molar refractivity (Wildman–Crippen MR) is 137 cm³/mol. The summed E-state index contributed by atoms with van der Waals surface area (Å²) in [6, 6.07) is 12.6. The van der Waals surface area contributed by atoms with Gasteiger partial charge in [0.2, 0.25) is 0 Å². The Hall–Kier alpha value is -3.14. The number of carbonyl (C=O) groups excluding carboxylic acids is 2. The Bertz CT molecular complexity index is 1280. The zero-order valence-electron chi connectivity index (χ0n) is 18.5. The SMILES string of the molecule is COc1cc(C=NNC(=O)C(=O)Nc2cccc(Cl)c2C)cc(Br)c1OCc1c(F)cccc1Cl. The van der Waals surface area contributed by atoms with Crippen LogP contribution in [0.4, 0.5) is 10.1 Å². The third-order valence-corrected chi connectivity index (χ3v) is 6.13. The van der Waals surface area contributed by atoms with Crippen molar-refractivity contribution in [1.82, 2.24) is 5.43 Å². The summed E-state index contributed by atoms with van der Waals surface area (Å²) in [5.74, 6) is -1.70. The molecule has 0 aliphatic rings. The van der Waals surface area contributed by atoms with Gasteiger partial charge in [0.1, 0.15) is 12.4 Å². The van der Waals surface area contributed by atoms with E-state index in [-0.39, 0.29) is 17.2 Å². The number of nitrogens with one attached hydrogen (secondary N) is 2. The third-order valence-electron chi connectivity index (χ3n) is 4.78. The van der Waals surface area contributed by atoms with Gasteiger partial charge in [-0.25, -0.2) is 9.82 Å². The largest absolute Gasteiger partial charge is 0.493 e. The monoisotopic (exact) mass is 581 g/mol. The number of anilines is 1. The molecule has 2 amide bonds. The minimum atomic E-state index is -0.964. The molecule has 0 aliphatic carbocycles. The van der Waals surface area contributed by atoms with Gasteiger partial charge in [0.05, 0.1) is 22.8 Å². The standard InChI is InChI=1S/C24H19BrCl2FN3O4/c1-13-17(26)5-4-8-20(13)30-23(32)24(33)31-29-11-14-9-16(25)22(21(10-14)34-2)35-12-15-18(27)6-3-7-19(15)28/h3-11H,12H2,1-2H3,(H,30,32)(H,31,33). The second-order valence-electron chi connectivity index (χ2n) is 7.09. The highest BCUT2D eigenvalue weighted by atomic mass is 79.9. The number of hydrogen-bond acceptors (Lipinski definition) is 5. The molecule has 11 heteroatoms. The number of benzene rings is 3. The third kappa shape index (κ3) is 6.72. The molecule has 3 aromatic carbocycles. The average molecular weight is 583 g/mol. The summed E-state index contributed by atoms with van der Waals surface area (Å²) < 4.78 is 25.6. The van der Waals surface area contributed by atoms with E-state index < -0.39 is 17.6 Å². The van der Waals surface area contributed by atoms with Gasteiger partial charge in [0.25, 0.3) is 0 Å². The smallest absolute Gasteiger partial charge is 0.329 e. The Morgan fingerprint density at radius 1 is 1.11 bits per heavy atom. The lowest BCUT2D eigenvalue weighted by Crippen LogP contribution is -2.32. The summed E-state index contributed by atoms with van der Waals surface area (Å²) in [6.45, 7) is 1.60. The van der Waals surface area contributed by atoms with Crippen molar-refractivity contribution < 1.29 is 23.5 Å². The van der Waals surface area contributed by atoms with Crippen LogP contribution in [0.2, 0.25) is 10.0 Å². The number of amides is 2. The maximum absolute atomic E-state index is 14.0. The molecule has 0 bridgehead atoms. The molecule has 0 saturated heterocycles. The van der Waals surface area contributed by atoms with E-state index in [1.165, 1.54) is 25.5 Å². The number of methoxy groups -OCH3 is 1. The minimum Gasteiger partial charge on any atom is -0.493 e. The molecule has 35 heavy (non-hydrogen) atoms. The molecule has 3 aromatic rings. The van der Waals surface area contributed by atoms with Gasteiger partial charge < -0.3 is 14.8 Å². The predicted octanol–water partition coefficient (Wildman–Crippen LogP) is 5.88. The molecular weight excluding hydrogens is 564 g/mol. The van der Waals surface area contributed by atoms with Crippen molar-refractivity contribution in [3.63, 3.8) is 0 Å². The molecule has 0 unspecified atom stereocenters. The van der Waals surface area contributed by atoms with E-state index in [0.29, 0.717) is 37.8 Å².